The first-order chi connectivity index (χ1) is 63.4. The van der Waals surface area contributed by atoms with Gasteiger partial charge in [-0.25, -0.2) is 34.9 Å². The Kier molecular flexibility index (Phi) is 37.3. The van der Waals surface area contributed by atoms with Crippen molar-refractivity contribution in [1.29, 1.82) is 0 Å². The van der Waals surface area contributed by atoms with Crippen LogP contribution in [-0.4, -0.2) is 234 Å². The van der Waals surface area contributed by atoms with Crippen LogP contribution in [0.2, 0.25) is 21.0 Å². The highest BCUT2D eigenvalue weighted by molar-refractivity contribution is 9.08. The lowest BCUT2D eigenvalue weighted by Gasteiger charge is -2.28. The Labute approximate surface area is 797 Å². The van der Waals surface area contributed by atoms with Crippen LogP contribution in [0.15, 0.2) is 122 Å². The van der Waals surface area contributed by atoms with Gasteiger partial charge in [-0.15, -0.1) is 0 Å². The zero-order valence-electron chi connectivity index (χ0n) is 75.0. The lowest BCUT2D eigenvalue weighted by Crippen LogP contribution is -2.33. The number of para-hydroxylation sites is 4. The number of aliphatic hydroxyl groups excluding tert-OH is 4. The number of hydrogen-bond acceptors (Lipinski definition) is 27. The van der Waals surface area contributed by atoms with Crippen LogP contribution in [0.4, 0.5) is 35.0 Å². The van der Waals surface area contributed by atoms with E-state index in [0.717, 1.165) is 216 Å². The number of aliphatic hydroxyl groups is 4. The minimum absolute atomic E-state index is 0.0654. The minimum atomic E-state index is 0.0654. The number of nitrogens with two attached hydrogens (primary N) is 1. The number of anilines is 6. The largest absolute Gasteiger partial charge is 0.496 e. The first kappa shape index (κ1) is 98.6. The summed E-state index contributed by atoms with van der Waals surface area (Å²) in [6.07, 6.45) is 27.5. The van der Waals surface area contributed by atoms with E-state index in [1.165, 1.54) is 88.4 Å². The lowest BCUT2D eigenvalue weighted by atomic mass is 10.1. The molecule has 696 valence electrons. The number of nitrogen functional groups attached to an aromatic ring is 1. The summed E-state index contributed by atoms with van der Waals surface area (Å²) in [5, 5.41) is 54.1. The summed E-state index contributed by atoms with van der Waals surface area (Å²) in [6, 6.07) is 33.0. The van der Waals surface area contributed by atoms with Gasteiger partial charge in [-0.3, -0.25) is 9.80 Å². The number of methoxy groups -OCH3 is 4. The standard InChI is InChI=1S/C31H39N7O2.C19H25ClN4O.C14H15BrClN3O.C12H15N3O3.C9H5BrCl2N2.C5H11NO.C5H11N/c1-21-15-25(16-27(40-3)22(21)2)37-18-28(32-20-37)33-31-34-29-23(17-36-12-5-4-6-13-36)9-7-11-26(29)30(35-31)38-14-8-10-24(38)19-39;20-19-21-17-14(12-23-9-2-1-3-10-23)6-4-8-16(17)18(22-19)24-11-5-7-15(24)13-25;15-7-9-3-1-5-11-12(9)17-14(16)18-13(11)19-6-2-4-10(19)8-20;1-16-9-4-8(15-6-11(13)14-7-15)5-10(17-2)12(9)18-3;10-4-5-2-1-3-6-7(5)13-9(12)14-8(6)11;7-4-5-2-1-3-6-5;1-2-4-6-5-3-1/h7,9,11,15-16,18,20,24,39H,4-6,8,10,12-14,17,19H2,1-3H3,(H,33,34,35);4,6,8,15,25H,1-3,5,7,9-13H2;1,3,5,10,20H,2,4,6-8H2;4-7H,13H2,1-3H3;1-3H,4H2;5-7H,1-4H2;6H,1-5H2/t24-;15-;10-;;;5-;/m000..0./s1. The quantitative estimate of drug-likeness (QED) is 0.0188. The van der Waals surface area contributed by atoms with Crippen molar-refractivity contribution in [3.63, 3.8) is 0 Å². The summed E-state index contributed by atoms with van der Waals surface area (Å²) < 4.78 is 25.1. The summed E-state index contributed by atoms with van der Waals surface area (Å²) in [4.78, 5) is 56.2. The van der Waals surface area contributed by atoms with Gasteiger partial charge >= 0.3 is 0 Å². The van der Waals surface area contributed by atoms with Crippen LogP contribution in [0.5, 0.6) is 23.0 Å². The molecule has 19 rings (SSSR count). The van der Waals surface area contributed by atoms with Crippen molar-refractivity contribution in [3.05, 3.63) is 176 Å². The number of imidazole rings is 2. The predicted molar refractivity (Wildman–Crippen MR) is 529 cm³/mol. The Morgan fingerprint density at radius 2 is 0.885 bits per heavy atom. The number of fused-ring (bicyclic) bond motifs is 4. The van der Waals surface area contributed by atoms with Gasteiger partial charge < -0.3 is 84.9 Å². The fourth-order valence-electron chi connectivity index (χ4n) is 17.7. The first-order valence-corrected chi connectivity index (χ1v) is 48.8. The molecule has 29 nitrogen and oxygen atoms in total. The molecule has 35 heteroatoms. The summed E-state index contributed by atoms with van der Waals surface area (Å²) in [5.74, 6) is 6.77. The predicted octanol–water partition coefficient (Wildman–Crippen LogP) is 17.3. The molecule has 0 bridgehead atoms. The topological polar surface area (TPSA) is 335 Å². The fraction of sp³-hybridized carbons (Fsp3) is 0.474. The van der Waals surface area contributed by atoms with Gasteiger partial charge in [0.2, 0.25) is 27.5 Å². The number of alkyl halides is 2. The van der Waals surface area contributed by atoms with E-state index in [1.807, 2.05) is 65.4 Å². The van der Waals surface area contributed by atoms with E-state index in [4.69, 9.17) is 86.2 Å². The number of aryl methyl sites for hydroxylation is 1. The van der Waals surface area contributed by atoms with E-state index < -0.39 is 0 Å². The molecule has 7 saturated heterocycles. The van der Waals surface area contributed by atoms with Crippen LogP contribution in [0, 0.1) is 13.8 Å². The molecule has 7 fully saturated rings. The average Bonchev–Trinajstić information content (AvgIpc) is 1.42. The molecule has 0 amide bonds. The van der Waals surface area contributed by atoms with Gasteiger partial charge in [0.15, 0.2) is 17.3 Å². The van der Waals surface area contributed by atoms with E-state index in [2.05, 4.69) is 168 Å². The van der Waals surface area contributed by atoms with Crippen molar-refractivity contribution < 1.29 is 39.4 Å². The number of aromatic nitrogens is 12. The number of rotatable bonds is 21. The van der Waals surface area contributed by atoms with Crippen LogP contribution in [0.1, 0.15) is 143 Å². The average molecular weight is 1990 g/mol. The molecule has 6 aromatic heterocycles. The normalized spacial score (nSPS) is 18.0. The summed E-state index contributed by atoms with van der Waals surface area (Å²) in [5.41, 5.74) is 17.8. The number of piperidine rings is 3. The SMILES string of the molecule is C1CCNCC1.COc1cc(-n2cnc(N)c2)cc(OC)c1OC.COc1cc(-n2cnc(Nc3nc(N4CCC[C@H]4CO)c4cccc(CN5CCCCC5)c4n3)c2)cc(C)c1C.Clc1nc(Cl)c2cccc(CBr)c2n1.OC[C@@H]1CCCN1.OC[C@@H]1CCCN1c1nc(Cl)nc2c(CBr)cccc12.OC[C@@H]1CCCN1c1nc(Cl)nc2c(CN3CCCCC3)cccc12. The van der Waals surface area contributed by atoms with Crippen LogP contribution in [0.3, 0.4) is 0 Å². The maximum absolute atomic E-state index is 10.1. The molecule has 4 atom stereocenters. The molecule has 7 aliphatic heterocycles. The zero-order valence-corrected chi connectivity index (χ0v) is 81.2. The summed E-state index contributed by atoms with van der Waals surface area (Å²) >= 11 is 30.9. The first-order valence-electron chi connectivity index (χ1n) is 45.0. The van der Waals surface area contributed by atoms with Gasteiger partial charge in [-0.2, -0.15) is 15.0 Å². The van der Waals surface area contributed by atoms with Crippen molar-refractivity contribution in [2.45, 2.75) is 171 Å². The Balaban J connectivity index is 0.000000139. The molecule has 130 heavy (non-hydrogen) atoms. The molecule has 0 aliphatic carbocycles. The third-order valence-corrected chi connectivity index (χ3v) is 26.7. The second-order valence-corrected chi connectivity index (χ2v) is 35.7. The van der Waals surface area contributed by atoms with E-state index in [9.17, 15) is 15.3 Å². The molecule has 12 aromatic rings. The summed E-state index contributed by atoms with van der Waals surface area (Å²) in [6.45, 7) is 17.5. The van der Waals surface area contributed by atoms with Crippen LogP contribution < -0.4 is 55.3 Å². The molecule has 0 spiro atoms. The van der Waals surface area contributed by atoms with E-state index in [-0.39, 0.29) is 53.8 Å². The van der Waals surface area contributed by atoms with Crippen molar-refractivity contribution in [2.24, 2.45) is 0 Å². The molecular formula is C95H121Br2Cl4N21O8. The van der Waals surface area contributed by atoms with Gasteiger partial charge in [0, 0.05) is 89.2 Å². The summed E-state index contributed by atoms with van der Waals surface area (Å²) in [7, 11) is 6.41. The van der Waals surface area contributed by atoms with Crippen LogP contribution in [0.25, 0.3) is 55.0 Å². The van der Waals surface area contributed by atoms with Crippen LogP contribution >= 0.6 is 78.3 Å². The molecule has 0 radical (unpaired) electrons. The third kappa shape index (κ3) is 25.3. The Morgan fingerprint density at radius 1 is 0.446 bits per heavy atom. The zero-order chi connectivity index (χ0) is 91.6. The highest BCUT2D eigenvalue weighted by atomic mass is 79.9. The lowest BCUT2D eigenvalue weighted by molar-refractivity contribution is 0.221. The molecule has 0 saturated carbocycles. The number of likely N-dealkylation sites (tertiary alicyclic amines) is 2. The van der Waals surface area contributed by atoms with Gasteiger partial charge in [-0.1, -0.05) is 111 Å². The highest BCUT2D eigenvalue weighted by Gasteiger charge is 2.32. The number of halogens is 6. The maximum Gasteiger partial charge on any atom is 0.230 e. The van der Waals surface area contributed by atoms with Gasteiger partial charge in [0.1, 0.15) is 46.8 Å². The molecular weight excluding hydrogens is 1860 g/mol. The monoisotopic (exact) mass is 1980 g/mol. The number of hydrogen-bond donors (Lipinski definition) is 8. The number of nitrogens with one attached hydrogen (secondary N) is 3. The van der Waals surface area contributed by atoms with Gasteiger partial charge in [0.05, 0.1) is 119 Å². The van der Waals surface area contributed by atoms with E-state index in [1.54, 1.807) is 51.9 Å². The van der Waals surface area contributed by atoms with Crippen molar-refractivity contribution in [2.75, 3.05) is 146 Å². The Bertz CT molecular complexity index is 5630. The molecule has 9 N–H and O–H groups in total. The third-order valence-electron chi connectivity index (χ3n) is 24.7. The molecule has 7 aliphatic rings. The van der Waals surface area contributed by atoms with Crippen molar-refractivity contribution in [1.82, 2.24) is 79.4 Å². The minimum Gasteiger partial charge on any atom is -0.496 e. The van der Waals surface area contributed by atoms with Crippen LogP contribution in [-0.2, 0) is 23.7 Å². The second kappa shape index (κ2) is 49.2. The molecule has 0 unspecified atom stereocenters. The van der Waals surface area contributed by atoms with Gasteiger partial charge in [-0.05, 0) is 248 Å². The number of nitrogens with zero attached hydrogens (tertiary/aromatic N) is 17. The fourth-order valence-corrected chi connectivity index (χ4v) is 19.4. The molecule has 13 heterocycles. The Hall–Kier alpha value is -8.90. The highest BCUT2D eigenvalue weighted by Crippen LogP contribution is 2.42. The number of benzene rings is 6. The van der Waals surface area contributed by atoms with Crippen molar-refractivity contribution >= 4 is 157 Å². The van der Waals surface area contributed by atoms with Gasteiger partial charge in [0.25, 0.3) is 0 Å². The van der Waals surface area contributed by atoms with E-state index >= 15 is 0 Å². The Morgan fingerprint density at radius 3 is 1.32 bits per heavy atom. The van der Waals surface area contributed by atoms with Crippen molar-refractivity contribution in [3.8, 4) is 34.4 Å². The smallest absolute Gasteiger partial charge is 0.230 e. The molecule has 6 aromatic carbocycles. The second-order valence-electron chi connectivity index (χ2n) is 33.3. The van der Waals surface area contributed by atoms with E-state index in [0.29, 0.717) is 58.0 Å². The maximum atomic E-state index is 10.1. The number of ether oxygens (including phenoxy) is 4.